The lowest BCUT2D eigenvalue weighted by Gasteiger charge is -2.24. The molecule has 5 nitrogen and oxygen atoms in total. The van der Waals surface area contributed by atoms with E-state index in [-0.39, 0.29) is 29.9 Å². The molecule has 34 heavy (non-hydrogen) atoms. The predicted octanol–water partition coefficient (Wildman–Crippen LogP) is 5.29. The van der Waals surface area contributed by atoms with Crippen molar-refractivity contribution in [2.45, 2.75) is 32.6 Å². The van der Waals surface area contributed by atoms with Crippen LogP contribution in [0.2, 0.25) is 0 Å². The maximum Gasteiger partial charge on any atom is 0.219 e. The number of hydrogen-bond donors (Lipinski definition) is 1. The minimum absolute atomic E-state index is 0.0440. The molecule has 0 bridgehead atoms. The molecule has 3 atom stereocenters. The fourth-order valence-electron chi connectivity index (χ4n) is 4.30. The minimum atomic E-state index is -0.493. The quantitative estimate of drug-likeness (QED) is 0.178. The first kappa shape index (κ1) is 25.3. The summed E-state index contributed by atoms with van der Waals surface area (Å²) in [6.07, 6.45) is 19.6. The van der Waals surface area contributed by atoms with Crippen molar-refractivity contribution >= 4 is 12.0 Å². The lowest BCUT2D eigenvalue weighted by molar-refractivity contribution is -0.108. The number of allylic oxidation sites excluding steroid dienone is 6. The number of carbonyl (C=O) groups is 1. The molecule has 0 aromatic carbocycles. The number of pyridine rings is 1. The number of hydrogen-bond acceptors (Lipinski definition) is 5. The lowest BCUT2D eigenvalue weighted by Crippen LogP contribution is -2.26. The molecule has 1 aliphatic heterocycles. The molecule has 1 aromatic rings. The van der Waals surface area contributed by atoms with E-state index >= 15 is 4.39 Å². The second-order valence-corrected chi connectivity index (χ2v) is 8.71. The van der Waals surface area contributed by atoms with Gasteiger partial charge in [-0.2, -0.15) is 0 Å². The van der Waals surface area contributed by atoms with Crippen molar-refractivity contribution < 1.29 is 13.9 Å². The van der Waals surface area contributed by atoms with Crippen molar-refractivity contribution in [1.29, 1.82) is 5.41 Å². The third kappa shape index (κ3) is 7.10. The molecule has 1 saturated heterocycles. The molecule has 2 heterocycles. The number of nitrogens with one attached hydrogen (secondary N) is 1. The first-order valence-corrected chi connectivity index (χ1v) is 11.7. The van der Waals surface area contributed by atoms with E-state index < -0.39 is 5.83 Å². The van der Waals surface area contributed by atoms with Gasteiger partial charge in [0.1, 0.15) is 6.29 Å². The topological polar surface area (TPSA) is 66.3 Å². The third-order valence-electron chi connectivity index (χ3n) is 6.18. The number of nitrogens with zero attached hydrogens (tertiary/aromatic N) is 2. The summed E-state index contributed by atoms with van der Waals surface area (Å²) in [5.74, 6) is 2.64. The third-order valence-corrected chi connectivity index (χ3v) is 6.18. The maximum absolute atomic E-state index is 15.1. The molecule has 0 saturated carbocycles. The molecule has 0 amide bonds. The van der Waals surface area contributed by atoms with Crippen LogP contribution in [-0.2, 0) is 4.79 Å². The molecule has 1 aliphatic carbocycles. The number of halogens is 1. The largest absolute Gasteiger partial charge is 0.436 e. The van der Waals surface area contributed by atoms with E-state index in [0.29, 0.717) is 24.6 Å². The highest BCUT2D eigenvalue weighted by Crippen LogP contribution is 2.31. The standard InChI is InChI=1S/C28H32FN3O2/c1-3-4-10-26(34-27-11-5-6-15-31-27)25(29)13-12-22-9-7-8-21(2)28(30)24(19-22)23-14-16-32(20-23)17-18-33/h1,5-7,9-11,13,15,18-19,21-23,30H,4,8,12,14,16-17,20H2,2H3/b9-7?,24-19-,25-13+,26-10+,30-28?. The van der Waals surface area contributed by atoms with Gasteiger partial charge in [-0.15, -0.1) is 12.3 Å². The van der Waals surface area contributed by atoms with Gasteiger partial charge >= 0.3 is 0 Å². The summed E-state index contributed by atoms with van der Waals surface area (Å²) in [7, 11) is 0. The molecule has 1 fully saturated rings. The number of ether oxygens (including phenoxy) is 1. The molecule has 3 unspecified atom stereocenters. The Morgan fingerprint density at radius 3 is 3.00 bits per heavy atom. The number of rotatable bonds is 9. The van der Waals surface area contributed by atoms with Gasteiger partial charge in [0, 0.05) is 36.9 Å². The molecule has 1 aromatic heterocycles. The van der Waals surface area contributed by atoms with Gasteiger partial charge in [0.05, 0.1) is 6.54 Å². The van der Waals surface area contributed by atoms with Crippen LogP contribution in [0.4, 0.5) is 4.39 Å². The smallest absolute Gasteiger partial charge is 0.219 e. The van der Waals surface area contributed by atoms with Gasteiger partial charge in [0.25, 0.3) is 0 Å². The SMILES string of the molecule is C#CC/C=C(Oc1ccccn1)\C(F)=C/CC1C=CCC(C)C(=N)/C(C2CCN(CC=O)C2)=C\1. The number of aromatic nitrogens is 1. The summed E-state index contributed by atoms with van der Waals surface area (Å²) in [6, 6.07) is 5.19. The van der Waals surface area contributed by atoms with Gasteiger partial charge in [-0.25, -0.2) is 9.37 Å². The predicted molar refractivity (Wildman–Crippen MR) is 133 cm³/mol. The first-order chi connectivity index (χ1) is 16.5. The molecule has 0 radical (unpaired) electrons. The highest BCUT2D eigenvalue weighted by molar-refractivity contribution is 6.00. The van der Waals surface area contributed by atoms with Crippen LogP contribution < -0.4 is 4.74 Å². The van der Waals surface area contributed by atoms with Crippen LogP contribution in [0.3, 0.4) is 0 Å². The van der Waals surface area contributed by atoms with Crippen LogP contribution >= 0.6 is 0 Å². The number of carbonyl (C=O) groups excluding carboxylic acids is 1. The van der Waals surface area contributed by atoms with Crippen molar-refractivity contribution in [3.05, 3.63) is 71.9 Å². The second-order valence-electron chi connectivity index (χ2n) is 8.71. The Kier molecular flexibility index (Phi) is 9.54. The first-order valence-electron chi connectivity index (χ1n) is 11.7. The highest BCUT2D eigenvalue weighted by Gasteiger charge is 2.29. The zero-order valence-electron chi connectivity index (χ0n) is 19.6. The Morgan fingerprint density at radius 1 is 1.41 bits per heavy atom. The zero-order chi connectivity index (χ0) is 24.3. The number of aldehydes is 1. The van der Waals surface area contributed by atoms with E-state index in [1.807, 2.05) is 0 Å². The van der Waals surface area contributed by atoms with Crippen molar-refractivity contribution in [1.82, 2.24) is 9.88 Å². The average Bonchev–Trinajstić information content (AvgIpc) is 3.30. The lowest BCUT2D eigenvalue weighted by atomic mass is 9.82. The normalized spacial score (nSPS) is 25.7. The van der Waals surface area contributed by atoms with Gasteiger partial charge < -0.3 is 14.9 Å². The summed E-state index contributed by atoms with van der Waals surface area (Å²) in [4.78, 5) is 17.1. The van der Waals surface area contributed by atoms with E-state index in [9.17, 15) is 4.79 Å². The molecule has 6 heteroatoms. The summed E-state index contributed by atoms with van der Waals surface area (Å²) < 4.78 is 20.8. The molecule has 2 aliphatic rings. The Hall–Kier alpha value is -3.30. The molecule has 178 valence electrons. The Labute approximate surface area is 201 Å². The molecule has 1 N–H and O–H groups in total. The second kappa shape index (κ2) is 12.8. The fraction of sp³-hybridized carbons (Fsp3) is 0.393. The van der Waals surface area contributed by atoms with Crippen LogP contribution in [0.1, 0.15) is 32.6 Å². The monoisotopic (exact) mass is 461 g/mol. The van der Waals surface area contributed by atoms with E-state index in [1.54, 1.807) is 24.4 Å². The van der Waals surface area contributed by atoms with Crippen molar-refractivity contribution in [2.75, 3.05) is 19.6 Å². The van der Waals surface area contributed by atoms with Gasteiger partial charge in [-0.3, -0.25) is 4.90 Å². The Morgan fingerprint density at radius 2 is 2.26 bits per heavy atom. The van der Waals surface area contributed by atoms with Crippen molar-refractivity contribution in [3.63, 3.8) is 0 Å². The molecular formula is C28H32FN3O2. The number of terminal acetylenes is 1. The Bertz CT molecular complexity index is 1020. The fourth-order valence-corrected chi connectivity index (χ4v) is 4.30. The van der Waals surface area contributed by atoms with Crippen LogP contribution in [-0.4, -0.2) is 41.5 Å². The van der Waals surface area contributed by atoms with E-state index in [4.69, 9.17) is 16.6 Å². The van der Waals surface area contributed by atoms with Crippen LogP contribution in [0.15, 0.2) is 71.9 Å². The van der Waals surface area contributed by atoms with Gasteiger partial charge in [0.2, 0.25) is 5.88 Å². The van der Waals surface area contributed by atoms with Crippen LogP contribution in [0, 0.1) is 35.5 Å². The minimum Gasteiger partial charge on any atom is -0.436 e. The molecular weight excluding hydrogens is 429 g/mol. The highest BCUT2D eigenvalue weighted by atomic mass is 19.1. The zero-order valence-corrected chi connectivity index (χ0v) is 19.6. The van der Waals surface area contributed by atoms with Crippen molar-refractivity contribution in [3.8, 4) is 18.2 Å². The van der Waals surface area contributed by atoms with Crippen molar-refractivity contribution in [2.24, 2.45) is 17.8 Å². The maximum atomic E-state index is 15.1. The van der Waals surface area contributed by atoms with Gasteiger partial charge in [0.15, 0.2) is 11.6 Å². The number of likely N-dealkylation sites (tertiary alicyclic amines) is 1. The summed E-state index contributed by atoms with van der Waals surface area (Å²) in [5, 5.41) is 8.76. The van der Waals surface area contributed by atoms with Crippen LogP contribution in [0.5, 0.6) is 5.88 Å². The summed E-state index contributed by atoms with van der Waals surface area (Å²) >= 11 is 0. The van der Waals surface area contributed by atoms with E-state index in [0.717, 1.165) is 37.8 Å². The molecule has 0 spiro atoms. The molecule has 3 rings (SSSR count). The van der Waals surface area contributed by atoms with E-state index in [2.05, 4.69) is 41.0 Å². The van der Waals surface area contributed by atoms with Gasteiger partial charge in [-0.1, -0.05) is 31.2 Å². The summed E-state index contributed by atoms with van der Waals surface area (Å²) in [6.45, 7) is 4.12. The summed E-state index contributed by atoms with van der Waals surface area (Å²) in [5.41, 5.74) is 1.67. The average molecular weight is 462 g/mol. The van der Waals surface area contributed by atoms with Gasteiger partial charge in [-0.05, 0) is 61.4 Å². The van der Waals surface area contributed by atoms with E-state index in [1.165, 1.54) is 12.2 Å². The van der Waals surface area contributed by atoms with Crippen LogP contribution in [0.25, 0.3) is 0 Å². The Balaban J connectivity index is 1.79.